The van der Waals surface area contributed by atoms with E-state index in [1.807, 2.05) is 31.1 Å². The van der Waals surface area contributed by atoms with Crippen molar-refractivity contribution in [1.29, 1.82) is 0 Å². The van der Waals surface area contributed by atoms with Crippen molar-refractivity contribution in [3.63, 3.8) is 0 Å². The summed E-state index contributed by atoms with van der Waals surface area (Å²) >= 11 is 7.42. The third-order valence-electron chi connectivity index (χ3n) is 4.21. The van der Waals surface area contributed by atoms with E-state index in [1.54, 1.807) is 29.2 Å². The van der Waals surface area contributed by atoms with Crippen LogP contribution in [0.3, 0.4) is 0 Å². The molecule has 1 aromatic heterocycles. The smallest absolute Gasteiger partial charge is 0.260 e. The molecule has 0 saturated carbocycles. The first kappa shape index (κ1) is 20.7. The minimum atomic E-state index is -0.104. The molecule has 0 atom stereocenters. The molecule has 0 radical (unpaired) electrons. The van der Waals surface area contributed by atoms with E-state index in [0.717, 1.165) is 16.8 Å². The molecule has 0 bridgehead atoms. The number of hydrogen-bond donors (Lipinski definition) is 0. The number of aromatic nitrogens is 1. The number of halogens is 2. The van der Waals surface area contributed by atoms with Crippen molar-refractivity contribution in [2.24, 2.45) is 0 Å². The number of carbonyl (C=O) groups is 1. The number of likely N-dealkylation sites (N-methyl/N-ethyl adjacent to an activating group) is 1. The number of ether oxygens (including phenoxy) is 2. The highest BCUT2D eigenvalue weighted by molar-refractivity contribution is 7.22. The number of nitrogens with zero attached hydrogens (tertiary/aromatic N) is 3. The summed E-state index contributed by atoms with van der Waals surface area (Å²) in [5.74, 6) is 1.29. The highest BCUT2D eigenvalue weighted by Crippen LogP contribution is 2.40. The lowest BCUT2D eigenvalue weighted by Gasteiger charge is -2.22. The predicted molar refractivity (Wildman–Crippen MR) is 115 cm³/mol. The maximum Gasteiger partial charge on any atom is 0.260 e. The SMILES string of the molecule is CN(C)CCN(C(=O)c1ccc(Cl)cc1)c1nc2cc3c(cc2s1)OCO3.Cl. The van der Waals surface area contributed by atoms with Gasteiger partial charge in [0, 0.05) is 35.8 Å². The molecule has 6 nitrogen and oxygen atoms in total. The zero-order valence-electron chi connectivity index (χ0n) is 15.3. The first-order chi connectivity index (χ1) is 13.0. The number of rotatable bonds is 5. The largest absolute Gasteiger partial charge is 0.454 e. The molecule has 0 spiro atoms. The van der Waals surface area contributed by atoms with Crippen LogP contribution in [0.2, 0.25) is 5.02 Å². The Bertz CT molecular complexity index is 951. The first-order valence-corrected chi connectivity index (χ1v) is 9.63. The normalized spacial score (nSPS) is 12.3. The van der Waals surface area contributed by atoms with Crippen LogP contribution in [0, 0.1) is 0 Å². The van der Waals surface area contributed by atoms with Gasteiger partial charge in [-0.1, -0.05) is 22.9 Å². The van der Waals surface area contributed by atoms with Gasteiger partial charge >= 0.3 is 0 Å². The molecule has 9 heteroatoms. The second kappa shape index (κ2) is 8.53. The van der Waals surface area contributed by atoms with Crippen LogP contribution in [0.5, 0.6) is 11.5 Å². The van der Waals surface area contributed by atoms with Crippen LogP contribution in [0.1, 0.15) is 10.4 Å². The van der Waals surface area contributed by atoms with Crippen LogP contribution in [0.4, 0.5) is 5.13 Å². The molecule has 1 aliphatic rings. The van der Waals surface area contributed by atoms with E-state index in [9.17, 15) is 4.79 Å². The number of thiazole rings is 1. The summed E-state index contributed by atoms with van der Waals surface area (Å²) in [7, 11) is 3.95. The Morgan fingerprint density at radius 1 is 1.14 bits per heavy atom. The summed E-state index contributed by atoms with van der Waals surface area (Å²) in [4.78, 5) is 21.5. The predicted octanol–water partition coefficient (Wildman–Crippen LogP) is 4.31. The number of anilines is 1. The monoisotopic (exact) mass is 439 g/mol. The molecule has 0 N–H and O–H groups in total. The Morgan fingerprint density at radius 2 is 1.82 bits per heavy atom. The zero-order valence-corrected chi connectivity index (χ0v) is 17.7. The second-order valence-corrected chi connectivity index (χ2v) is 7.88. The average Bonchev–Trinajstić information content (AvgIpc) is 3.25. The van der Waals surface area contributed by atoms with Gasteiger partial charge in [0.25, 0.3) is 5.91 Å². The van der Waals surface area contributed by atoms with Gasteiger partial charge in [-0.05, 0) is 38.4 Å². The average molecular weight is 440 g/mol. The van der Waals surface area contributed by atoms with E-state index >= 15 is 0 Å². The van der Waals surface area contributed by atoms with Gasteiger partial charge in [0.2, 0.25) is 6.79 Å². The van der Waals surface area contributed by atoms with E-state index in [-0.39, 0.29) is 25.1 Å². The third-order valence-corrected chi connectivity index (χ3v) is 5.50. The highest BCUT2D eigenvalue weighted by Gasteiger charge is 2.23. The van der Waals surface area contributed by atoms with Crippen molar-refractivity contribution in [3.05, 3.63) is 47.0 Å². The third kappa shape index (κ3) is 4.17. The molecule has 4 rings (SSSR count). The van der Waals surface area contributed by atoms with Crippen molar-refractivity contribution in [3.8, 4) is 11.5 Å². The first-order valence-electron chi connectivity index (χ1n) is 8.43. The molecule has 2 aromatic carbocycles. The summed E-state index contributed by atoms with van der Waals surface area (Å²) in [5.41, 5.74) is 1.37. The molecule has 0 fully saturated rings. The number of hydrogen-bond acceptors (Lipinski definition) is 6. The van der Waals surface area contributed by atoms with E-state index < -0.39 is 0 Å². The van der Waals surface area contributed by atoms with Gasteiger partial charge in [-0.3, -0.25) is 9.69 Å². The fraction of sp³-hybridized carbons (Fsp3) is 0.263. The van der Waals surface area contributed by atoms with Gasteiger partial charge in [-0.25, -0.2) is 4.98 Å². The van der Waals surface area contributed by atoms with E-state index in [1.165, 1.54) is 11.3 Å². The van der Waals surface area contributed by atoms with Gasteiger partial charge in [-0.15, -0.1) is 12.4 Å². The summed E-state index contributed by atoms with van der Waals surface area (Å²) in [5, 5.41) is 1.25. The van der Waals surface area contributed by atoms with Gasteiger partial charge in [-0.2, -0.15) is 0 Å². The lowest BCUT2D eigenvalue weighted by molar-refractivity contribution is 0.0985. The van der Waals surface area contributed by atoms with Crippen molar-refractivity contribution in [2.45, 2.75) is 0 Å². The Kier molecular flexibility index (Phi) is 6.30. The highest BCUT2D eigenvalue weighted by atomic mass is 35.5. The zero-order chi connectivity index (χ0) is 19.0. The van der Waals surface area contributed by atoms with E-state index in [4.69, 9.17) is 21.1 Å². The topological polar surface area (TPSA) is 54.9 Å². The number of fused-ring (bicyclic) bond motifs is 2. The van der Waals surface area contributed by atoms with Gasteiger partial charge in [0.1, 0.15) is 0 Å². The minimum Gasteiger partial charge on any atom is -0.454 e. The molecular weight excluding hydrogens is 421 g/mol. The molecule has 148 valence electrons. The fourth-order valence-corrected chi connectivity index (χ4v) is 3.88. The molecule has 3 aromatic rings. The van der Waals surface area contributed by atoms with Gasteiger partial charge < -0.3 is 14.4 Å². The number of benzene rings is 2. The molecule has 0 unspecified atom stereocenters. The fourth-order valence-electron chi connectivity index (χ4n) is 2.75. The molecule has 1 amide bonds. The second-order valence-electron chi connectivity index (χ2n) is 6.44. The van der Waals surface area contributed by atoms with Crippen molar-refractivity contribution in [2.75, 3.05) is 38.9 Å². The van der Waals surface area contributed by atoms with Crippen LogP contribution in [-0.4, -0.2) is 49.8 Å². The van der Waals surface area contributed by atoms with E-state index in [0.29, 0.717) is 33.8 Å². The molecule has 0 aliphatic carbocycles. The molecule has 2 heterocycles. The van der Waals surface area contributed by atoms with Crippen molar-refractivity contribution in [1.82, 2.24) is 9.88 Å². The van der Waals surface area contributed by atoms with Crippen LogP contribution < -0.4 is 14.4 Å². The van der Waals surface area contributed by atoms with Gasteiger partial charge in [0.15, 0.2) is 16.6 Å². The Labute approximate surface area is 178 Å². The summed E-state index contributed by atoms with van der Waals surface area (Å²) in [6, 6.07) is 10.7. The molecule has 0 saturated heterocycles. The maximum atomic E-state index is 13.1. The summed E-state index contributed by atoms with van der Waals surface area (Å²) in [6.45, 7) is 1.47. The Balaban J connectivity index is 0.00000225. The van der Waals surface area contributed by atoms with Crippen LogP contribution >= 0.6 is 35.3 Å². The summed E-state index contributed by atoms with van der Waals surface area (Å²) < 4.78 is 11.8. The quantitative estimate of drug-likeness (QED) is 0.592. The van der Waals surface area contributed by atoms with Crippen LogP contribution in [0.15, 0.2) is 36.4 Å². The number of amides is 1. The lowest BCUT2D eigenvalue weighted by atomic mass is 10.2. The van der Waals surface area contributed by atoms with Crippen LogP contribution in [0.25, 0.3) is 10.2 Å². The lowest BCUT2D eigenvalue weighted by Crippen LogP contribution is -2.36. The number of carbonyl (C=O) groups excluding carboxylic acids is 1. The van der Waals surface area contributed by atoms with Crippen molar-refractivity contribution < 1.29 is 14.3 Å². The molecule has 1 aliphatic heterocycles. The van der Waals surface area contributed by atoms with Crippen LogP contribution in [-0.2, 0) is 0 Å². The summed E-state index contributed by atoms with van der Waals surface area (Å²) in [6.07, 6.45) is 0. The van der Waals surface area contributed by atoms with Gasteiger partial charge in [0.05, 0.1) is 10.2 Å². The maximum absolute atomic E-state index is 13.1. The van der Waals surface area contributed by atoms with E-state index in [2.05, 4.69) is 4.98 Å². The molecule has 28 heavy (non-hydrogen) atoms. The van der Waals surface area contributed by atoms with Crippen molar-refractivity contribution >= 4 is 56.6 Å². The Hall–Kier alpha value is -2.06. The Morgan fingerprint density at radius 3 is 2.50 bits per heavy atom. The minimum absolute atomic E-state index is 0. The molecular formula is C19H19Cl2N3O3S. The standard InChI is InChI=1S/C19H18ClN3O3S.ClH/c1-22(2)7-8-23(18(24)12-3-5-13(20)6-4-12)19-21-14-9-15-16(26-11-25-15)10-17(14)27-19;/h3-6,9-10H,7-8,11H2,1-2H3;1H.